The van der Waals surface area contributed by atoms with Crippen molar-refractivity contribution >= 4 is 22.5 Å². The Morgan fingerprint density at radius 2 is 2.12 bits per heavy atom. The lowest BCUT2D eigenvalue weighted by Crippen LogP contribution is -2.01. The predicted molar refractivity (Wildman–Crippen MR) is 69.4 cm³/mol. The van der Waals surface area contributed by atoms with Gasteiger partial charge in [0.05, 0.1) is 18.2 Å². The quantitative estimate of drug-likeness (QED) is 0.883. The molecule has 1 aromatic heterocycles. The van der Waals surface area contributed by atoms with E-state index < -0.39 is 6.10 Å². The molecule has 2 rings (SSSR count). The van der Waals surface area contributed by atoms with Crippen LogP contribution in [-0.4, -0.2) is 21.4 Å². The summed E-state index contributed by atoms with van der Waals surface area (Å²) < 4.78 is 1.94. The number of benzene rings is 1. The van der Waals surface area contributed by atoms with Gasteiger partial charge in [-0.05, 0) is 25.5 Å². The maximum absolute atomic E-state index is 9.75. The molecule has 0 saturated carbocycles. The van der Waals surface area contributed by atoms with Crippen molar-refractivity contribution in [3.05, 3.63) is 34.5 Å². The molecule has 0 aliphatic carbocycles. The van der Waals surface area contributed by atoms with Gasteiger partial charge < -0.3 is 14.8 Å². The Morgan fingerprint density at radius 1 is 1.41 bits per heavy atom. The van der Waals surface area contributed by atoms with E-state index in [1.807, 2.05) is 29.8 Å². The summed E-state index contributed by atoms with van der Waals surface area (Å²) in [7, 11) is 0. The van der Waals surface area contributed by atoms with Gasteiger partial charge in [-0.3, -0.25) is 0 Å². The van der Waals surface area contributed by atoms with Gasteiger partial charge >= 0.3 is 0 Å². The fourth-order valence-corrected chi connectivity index (χ4v) is 2.35. The lowest BCUT2D eigenvalue weighted by Gasteiger charge is -2.06. The Balaban J connectivity index is 2.76. The van der Waals surface area contributed by atoms with Gasteiger partial charge in [0.15, 0.2) is 0 Å². The molecule has 1 unspecified atom stereocenters. The van der Waals surface area contributed by atoms with Gasteiger partial charge in [-0.1, -0.05) is 17.7 Å². The number of aryl methyl sites for hydroxylation is 1. The first-order valence-corrected chi connectivity index (χ1v) is 6.00. The van der Waals surface area contributed by atoms with Crippen LogP contribution in [0.15, 0.2) is 18.3 Å². The fraction of sp³-hybridized carbons (Fsp3) is 0.385. The highest BCUT2D eigenvalue weighted by Crippen LogP contribution is 2.32. The van der Waals surface area contributed by atoms with Gasteiger partial charge in [0.1, 0.15) is 0 Å². The van der Waals surface area contributed by atoms with E-state index in [0.29, 0.717) is 11.6 Å². The van der Waals surface area contributed by atoms with Crippen LogP contribution in [0.5, 0.6) is 0 Å². The SMILES string of the molecule is Cc1c(Cl)ccc2c(C(C)O)cn(CCO)c12. The van der Waals surface area contributed by atoms with Crippen LogP contribution in [0.2, 0.25) is 5.02 Å². The van der Waals surface area contributed by atoms with Crippen molar-refractivity contribution in [2.24, 2.45) is 0 Å². The van der Waals surface area contributed by atoms with Crippen LogP contribution in [0, 0.1) is 6.92 Å². The number of aromatic nitrogens is 1. The van der Waals surface area contributed by atoms with Gasteiger partial charge in [-0.2, -0.15) is 0 Å². The molecular formula is C13H16ClNO2. The third kappa shape index (κ3) is 2.06. The molecule has 0 radical (unpaired) electrons. The molecular weight excluding hydrogens is 238 g/mol. The van der Waals surface area contributed by atoms with Crippen LogP contribution in [0.1, 0.15) is 24.2 Å². The highest BCUT2D eigenvalue weighted by atomic mass is 35.5. The van der Waals surface area contributed by atoms with Crippen LogP contribution in [0.25, 0.3) is 10.9 Å². The molecule has 1 heterocycles. The Hall–Kier alpha value is -1.03. The first kappa shape index (κ1) is 12.4. The van der Waals surface area contributed by atoms with E-state index in [0.717, 1.165) is 22.0 Å². The molecule has 1 atom stereocenters. The lowest BCUT2D eigenvalue weighted by atomic mass is 10.1. The average Bonchev–Trinajstić information content (AvgIpc) is 2.64. The van der Waals surface area contributed by atoms with E-state index in [1.165, 1.54) is 0 Å². The van der Waals surface area contributed by atoms with Crippen LogP contribution in [-0.2, 0) is 6.54 Å². The number of nitrogens with zero attached hydrogens (tertiary/aromatic N) is 1. The lowest BCUT2D eigenvalue weighted by molar-refractivity contribution is 0.200. The smallest absolute Gasteiger partial charge is 0.0782 e. The molecule has 3 nitrogen and oxygen atoms in total. The molecule has 0 bridgehead atoms. The van der Waals surface area contributed by atoms with E-state index in [2.05, 4.69) is 0 Å². The number of fused-ring (bicyclic) bond motifs is 1. The normalized spacial score (nSPS) is 13.2. The summed E-state index contributed by atoms with van der Waals surface area (Å²) in [6.45, 7) is 4.26. The molecule has 0 aliphatic heterocycles. The molecule has 17 heavy (non-hydrogen) atoms. The van der Waals surface area contributed by atoms with Crippen molar-refractivity contribution in [1.29, 1.82) is 0 Å². The topological polar surface area (TPSA) is 45.4 Å². The number of aliphatic hydroxyl groups excluding tert-OH is 2. The third-order valence-corrected chi connectivity index (χ3v) is 3.46. The zero-order valence-corrected chi connectivity index (χ0v) is 10.7. The van der Waals surface area contributed by atoms with E-state index in [-0.39, 0.29) is 6.61 Å². The molecule has 0 amide bonds. The van der Waals surface area contributed by atoms with Crippen molar-refractivity contribution < 1.29 is 10.2 Å². The van der Waals surface area contributed by atoms with E-state index in [1.54, 1.807) is 6.92 Å². The Labute approximate surface area is 105 Å². The molecule has 1 aromatic carbocycles. The number of rotatable bonds is 3. The minimum absolute atomic E-state index is 0.0645. The second kappa shape index (κ2) is 4.69. The Kier molecular flexibility index (Phi) is 3.43. The molecule has 92 valence electrons. The highest BCUT2D eigenvalue weighted by Gasteiger charge is 2.15. The second-order valence-corrected chi connectivity index (χ2v) is 4.65. The first-order chi connectivity index (χ1) is 8.06. The van der Waals surface area contributed by atoms with Gasteiger partial charge in [0.2, 0.25) is 0 Å². The summed E-state index contributed by atoms with van der Waals surface area (Å²) in [6, 6.07) is 3.76. The minimum Gasteiger partial charge on any atom is -0.395 e. The molecule has 0 spiro atoms. The Morgan fingerprint density at radius 3 is 2.71 bits per heavy atom. The molecule has 0 fully saturated rings. The van der Waals surface area contributed by atoms with Crippen LogP contribution < -0.4 is 0 Å². The van der Waals surface area contributed by atoms with Gasteiger partial charge in [-0.15, -0.1) is 0 Å². The summed E-state index contributed by atoms with van der Waals surface area (Å²) >= 11 is 6.11. The summed E-state index contributed by atoms with van der Waals surface area (Å²) in [5, 5.41) is 20.5. The standard InChI is InChI=1S/C13H16ClNO2/c1-8-12(14)4-3-10-11(9(2)17)7-15(5-6-16)13(8)10/h3-4,7,9,16-17H,5-6H2,1-2H3. The molecule has 4 heteroatoms. The third-order valence-electron chi connectivity index (χ3n) is 3.05. The van der Waals surface area contributed by atoms with E-state index in [4.69, 9.17) is 16.7 Å². The van der Waals surface area contributed by atoms with Crippen LogP contribution in [0.3, 0.4) is 0 Å². The predicted octanol–water partition coefficient (Wildman–Crippen LogP) is 2.65. The van der Waals surface area contributed by atoms with Gasteiger partial charge in [0.25, 0.3) is 0 Å². The van der Waals surface area contributed by atoms with Crippen molar-refractivity contribution in [2.45, 2.75) is 26.5 Å². The maximum atomic E-state index is 9.75. The monoisotopic (exact) mass is 253 g/mol. The van der Waals surface area contributed by atoms with Gasteiger partial charge in [-0.25, -0.2) is 0 Å². The number of hydrogen-bond donors (Lipinski definition) is 2. The number of aliphatic hydroxyl groups is 2. The fourth-order valence-electron chi connectivity index (χ4n) is 2.20. The summed E-state index contributed by atoms with van der Waals surface area (Å²) in [4.78, 5) is 0. The number of hydrogen-bond acceptors (Lipinski definition) is 2. The summed E-state index contributed by atoms with van der Waals surface area (Å²) in [6.07, 6.45) is 1.35. The largest absolute Gasteiger partial charge is 0.395 e. The van der Waals surface area contributed by atoms with E-state index >= 15 is 0 Å². The van der Waals surface area contributed by atoms with Crippen LogP contribution in [0.4, 0.5) is 0 Å². The Bertz CT molecular complexity index is 546. The molecule has 2 N–H and O–H groups in total. The van der Waals surface area contributed by atoms with E-state index in [9.17, 15) is 5.11 Å². The summed E-state index contributed by atoms with van der Waals surface area (Å²) in [5.74, 6) is 0. The number of halogens is 1. The van der Waals surface area contributed by atoms with Crippen molar-refractivity contribution in [3.8, 4) is 0 Å². The molecule has 0 saturated heterocycles. The zero-order chi connectivity index (χ0) is 12.6. The average molecular weight is 254 g/mol. The van der Waals surface area contributed by atoms with Crippen LogP contribution >= 0.6 is 11.6 Å². The second-order valence-electron chi connectivity index (χ2n) is 4.25. The maximum Gasteiger partial charge on any atom is 0.0782 e. The molecule has 2 aromatic rings. The summed E-state index contributed by atoms with van der Waals surface area (Å²) in [5.41, 5.74) is 2.83. The zero-order valence-electron chi connectivity index (χ0n) is 9.94. The van der Waals surface area contributed by atoms with Crippen molar-refractivity contribution in [2.75, 3.05) is 6.61 Å². The molecule has 0 aliphatic rings. The van der Waals surface area contributed by atoms with Crippen molar-refractivity contribution in [1.82, 2.24) is 4.57 Å². The van der Waals surface area contributed by atoms with Crippen molar-refractivity contribution in [3.63, 3.8) is 0 Å². The highest BCUT2D eigenvalue weighted by molar-refractivity contribution is 6.32. The van der Waals surface area contributed by atoms with Gasteiger partial charge in [0, 0.05) is 28.7 Å². The minimum atomic E-state index is -0.530. The first-order valence-electron chi connectivity index (χ1n) is 5.63.